The van der Waals surface area contributed by atoms with E-state index in [0.29, 0.717) is 11.2 Å². The van der Waals surface area contributed by atoms with E-state index >= 15 is 0 Å². The average molecular weight is 269 g/mol. The van der Waals surface area contributed by atoms with Gasteiger partial charge >= 0.3 is 0 Å². The van der Waals surface area contributed by atoms with Crippen LogP contribution in [0.15, 0.2) is 6.07 Å². The van der Waals surface area contributed by atoms with Crippen LogP contribution in [0.4, 0.5) is 5.82 Å². The number of aromatic nitrogens is 2. The summed E-state index contributed by atoms with van der Waals surface area (Å²) in [6, 6.07) is 2.28. The number of hydrogen-bond donors (Lipinski definition) is 1. The quantitative estimate of drug-likeness (QED) is 0.853. The molecule has 1 aromatic rings. The maximum Gasteiger partial charge on any atom is 0.134 e. The molecule has 1 fully saturated rings. The van der Waals surface area contributed by atoms with Crippen molar-refractivity contribution >= 4 is 17.4 Å². The predicted molar refractivity (Wildman–Crippen MR) is 75.2 cm³/mol. The molecule has 0 aromatic carbocycles. The molecule has 1 atom stereocenters. The fourth-order valence-electron chi connectivity index (χ4n) is 2.37. The molecule has 0 saturated carbocycles. The van der Waals surface area contributed by atoms with E-state index in [9.17, 15) is 0 Å². The van der Waals surface area contributed by atoms with Crippen LogP contribution in [-0.2, 0) is 6.42 Å². The molecule has 1 saturated heterocycles. The molecular weight excluding hydrogens is 248 g/mol. The van der Waals surface area contributed by atoms with E-state index in [1.165, 1.54) is 19.4 Å². The van der Waals surface area contributed by atoms with E-state index in [4.69, 9.17) is 11.6 Å². The van der Waals surface area contributed by atoms with Crippen LogP contribution >= 0.6 is 11.6 Å². The van der Waals surface area contributed by atoms with Crippen molar-refractivity contribution in [3.05, 3.63) is 17.0 Å². The molecule has 18 heavy (non-hydrogen) atoms. The van der Waals surface area contributed by atoms with Gasteiger partial charge in [0.2, 0.25) is 0 Å². The van der Waals surface area contributed by atoms with E-state index in [2.05, 4.69) is 27.1 Å². The molecule has 0 aliphatic carbocycles. The van der Waals surface area contributed by atoms with Crippen LogP contribution in [0.5, 0.6) is 0 Å². The minimum absolute atomic E-state index is 0.467. The van der Waals surface area contributed by atoms with Gasteiger partial charge in [0.15, 0.2) is 0 Å². The van der Waals surface area contributed by atoms with Crippen molar-refractivity contribution in [3.8, 4) is 0 Å². The summed E-state index contributed by atoms with van der Waals surface area (Å²) in [6.07, 6.45) is 3.24. The summed E-state index contributed by atoms with van der Waals surface area (Å²) in [6.45, 7) is 7.65. The van der Waals surface area contributed by atoms with E-state index < -0.39 is 0 Å². The summed E-state index contributed by atoms with van der Waals surface area (Å²) in [5.74, 6) is 1.66. The molecule has 2 heterocycles. The van der Waals surface area contributed by atoms with Gasteiger partial charge in [-0.15, -0.1) is 0 Å². The van der Waals surface area contributed by atoms with Crippen LogP contribution in [-0.4, -0.2) is 40.5 Å². The van der Waals surface area contributed by atoms with Crippen LogP contribution in [0.25, 0.3) is 0 Å². The largest absolute Gasteiger partial charge is 0.366 e. The second kappa shape index (κ2) is 6.34. The first-order valence-corrected chi connectivity index (χ1v) is 7.11. The summed E-state index contributed by atoms with van der Waals surface area (Å²) in [7, 11) is 0. The van der Waals surface area contributed by atoms with Gasteiger partial charge in [0.05, 0.1) is 0 Å². The van der Waals surface area contributed by atoms with Gasteiger partial charge in [-0.3, -0.25) is 0 Å². The number of hydrogen-bond acceptors (Lipinski definition) is 4. The maximum atomic E-state index is 6.00. The average Bonchev–Trinajstić information content (AvgIpc) is 2.38. The van der Waals surface area contributed by atoms with Crippen molar-refractivity contribution in [1.29, 1.82) is 0 Å². The molecule has 2 rings (SSSR count). The van der Waals surface area contributed by atoms with Crippen molar-refractivity contribution in [2.75, 3.05) is 25.0 Å². The normalized spacial score (nSPS) is 20.9. The van der Waals surface area contributed by atoms with Gasteiger partial charge in [0, 0.05) is 25.1 Å². The lowest BCUT2D eigenvalue weighted by molar-refractivity contribution is 0.226. The van der Waals surface area contributed by atoms with E-state index in [1.54, 1.807) is 0 Å². The number of nitrogens with one attached hydrogen (secondary N) is 1. The Morgan fingerprint density at radius 2 is 2.28 bits per heavy atom. The fourth-order valence-corrected chi connectivity index (χ4v) is 2.57. The van der Waals surface area contributed by atoms with Crippen LogP contribution < -0.4 is 5.32 Å². The number of rotatable bonds is 4. The SMILES string of the molecule is CCc1nc(Cl)cc(NC2CCCN(CC)C2)n1. The highest BCUT2D eigenvalue weighted by Gasteiger charge is 2.19. The molecule has 0 bridgehead atoms. The van der Waals surface area contributed by atoms with Crippen molar-refractivity contribution in [1.82, 2.24) is 14.9 Å². The summed E-state index contributed by atoms with van der Waals surface area (Å²) < 4.78 is 0. The Morgan fingerprint density at radius 1 is 1.44 bits per heavy atom. The molecule has 1 aliphatic rings. The first kappa shape index (κ1) is 13.6. The second-order valence-electron chi connectivity index (χ2n) is 4.72. The summed E-state index contributed by atoms with van der Waals surface area (Å²) >= 11 is 6.00. The highest BCUT2D eigenvalue weighted by Crippen LogP contribution is 2.17. The molecule has 100 valence electrons. The van der Waals surface area contributed by atoms with Crippen molar-refractivity contribution < 1.29 is 0 Å². The minimum atomic E-state index is 0.467. The van der Waals surface area contributed by atoms with Crippen LogP contribution in [0.3, 0.4) is 0 Å². The first-order chi connectivity index (χ1) is 8.71. The Labute approximate surface area is 114 Å². The Morgan fingerprint density at radius 3 is 3.00 bits per heavy atom. The lowest BCUT2D eigenvalue weighted by atomic mass is 10.1. The summed E-state index contributed by atoms with van der Waals surface area (Å²) in [4.78, 5) is 11.1. The number of piperidine rings is 1. The minimum Gasteiger partial charge on any atom is -0.366 e. The van der Waals surface area contributed by atoms with Crippen molar-refractivity contribution in [2.24, 2.45) is 0 Å². The molecule has 1 aromatic heterocycles. The molecule has 1 unspecified atom stereocenters. The smallest absolute Gasteiger partial charge is 0.134 e. The predicted octanol–water partition coefficient (Wildman–Crippen LogP) is 2.59. The third-order valence-electron chi connectivity index (χ3n) is 3.36. The van der Waals surface area contributed by atoms with Gasteiger partial charge in [-0.05, 0) is 25.9 Å². The Bertz CT molecular complexity index is 397. The zero-order valence-corrected chi connectivity index (χ0v) is 11.9. The highest BCUT2D eigenvalue weighted by atomic mass is 35.5. The Kier molecular flexibility index (Phi) is 4.78. The number of likely N-dealkylation sites (tertiary alicyclic amines) is 1. The molecule has 0 radical (unpaired) electrons. The number of likely N-dealkylation sites (N-methyl/N-ethyl adjacent to an activating group) is 1. The monoisotopic (exact) mass is 268 g/mol. The molecule has 4 nitrogen and oxygen atoms in total. The fraction of sp³-hybridized carbons (Fsp3) is 0.692. The standard InChI is InChI=1S/C13H21ClN4/c1-3-12-16-11(14)8-13(17-12)15-10-6-5-7-18(4-2)9-10/h8,10H,3-7,9H2,1-2H3,(H,15,16,17). The Balaban J connectivity index is 2.02. The van der Waals surface area contributed by atoms with E-state index in [1.807, 2.05) is 13.0 Å². The topological polar surface area (TPSA) is 41.1 Å². The molecule has 5 heteroatoms. The van der Waals surface area contributed by atoms with Crippen LogP contribution in [0.1, 0.15) is 32.5 Å². The van der Waals surface area contributed by atoms with Gasteiger partial charge in [-0.25, -0.2) is 9.97 Å². The molecule has 0 spiro atoms. The number of nitrogens with zero attached hydrogens (tertiary/aromatic N) is 3. The van der Waals surface area contributed by atoms with Gasteiger partial charge < -0.3 is 10.2 Å². The van der Waals surface area contributed by atoms with Gasteiger partial charge in [0.1, 0.15) is 16.8 Å². The number of anilines is 1. The lowest BCUT2D eigenvalue weighted by Gasteiger charge is -2.32. The first-order valence-electron chi connectivity index (χ1n) is 6.73. The van der Waals surface area contributed by atoms with Crippen LogP contribution in [0.2, 0.25) is 5.15 Å². The van der Waals surface area contributed by atoms with E-state index in [-0.39, 0.29) is 0 Å². The summed E-state index contributed by atoms with van der Waals surface area (Å²) in [5.41, 5.74) is 0. The number of aryl methyl sites for hydroxylation is 1. The molecule has 1 N–H and O–H groups in total. The summed E-state index contributed by atoms with van der Waals surface area (Å²) in [5, 5.41) is 4.00. The second-order valence-corrected chi connectivity index (χ2v) is 5.11. The Hall–Kier alpha value is -0.870. The third-order valence-corrected chi connectivity index (χ3v) is 3.56. The lowest BCUT2D eigenvalue weighted by Crippen LogP contribution is -2.42. The van der Waals surface area contributed by atoms with Crippen molar-refractivity contribution in [2.45, 2.75) is 39.2 Å². The zero-order valence-electron chi connectivity index (χ0n) is 11.1. The molecular formula is C13H21ClN4. The molecule has 1 aliphatic heterocycles. The highest BCUT2D eigenvalue weighted by molar-refractivity contribution is 6.29. The zero-order chi connectivity index (χ0) is 13.0. The third kappa shape index (κ3) is 3.56. The number of halogens is 1. The van der Waals surface area contributed by atoms with Gasteiger partial charge in [-0.2, -0.15) is 0 Å². The van der Waals surface area contributed by atoms with Crippen molar-refractivity contribution in [3.63, 3.8) is 0 Å². The van der Waals surface area contributed by atoms with Crippen LogP contribution in [0, 0.1) is 0 Å². The van der Waals surface area contributed by atoms with Gasteiger partial charge in [-0.1, -0.05) is 25.4 Å². The van der Waals surface area contributed by atoms with E-state index in [0.717, 1.165) is 31.2 Å². The molecule has 0 amide bonds. The van der Waals surface area contributed by atoms with Gasteiger partial charge in [0.25, 0.3) is 0 Å². The maximum absolute atomic E-state index is 6.00.